The lowest BCUT2D eigenvalue weighted by Crippen LogP contribution is -2.41. The van der Waals surface area contributed by atoms with Crippen molar-refractivity contribution in [1.29, 1.82) is 0 Å². The Morgan fingerprint density at radius 3 is 2.37 bits per heavy atom. The molecule has 0 radical (unpaired) electrons. The molecule has 2 aromatic heterocycles. The summed E-state index contributed by atoms with van der Waals surface area (Å²) < 4.78 is 31.7. The molecule has 3 heterocycles. The first-order valence-electron chi connectivity index (χ1n) is 11.7. The fourth-order valence-electron chi connectivity index (χ4n) is 3.66. The highest BCUT2D eigenvalue weighted by Gasteiger charge is 2.21. The Hall–Kier alpha value is -4.15. The standard InChI is InChI=1S/C19H20N4O2.C7H6F2.CH4O.CH2O/c1-20-16-4-2-3-14(11-16)15-5-6-18-21-12-17(23(18)13-15)19(24)22-7-9-25-10-8-22;1-5-2-3-6(8)4-7(5)9;2*1-2/h2-6,11-13,20H,7-10H2,1H3;2-4H,1H3;2H,1H3;1H2. The number of anilines is 1. The second-order valence-corrected chi connectivity index (χ2v) is 7.92. The zero-order valence-electron chi connectivity index (χ0n) is 21.7. The summed E-state index contributed by atoms with van der Waals surface area (Å²) in [5.41, 5.74) is 5.00. The third kappa shape index (κ3) is 7.67. The largest absolute Gasteiger partial charge is 0.400 e. The molecule has 1 fully saturated rings. The number of nitrogens with one attached hydrogen (secondary N) is 1. The molecule has 2 aromatic carbocycles. The molecule has 10 heteroatoms. The maximum atomic E-state index is 12.8. The van der Waals surface area contributed by atoms with E-state index in [2.05, 4.69) is 22.4 Å². The molecule has 0 saturated carbocycles. The summed E-state index contributed by atoms with van der Waals surface area (Å²) in [6.07, 6.45) is 3.63. The molecule has 0 unspecified atom stereocenters. The van der Waals surface area contributed by atoms with Crippen LogP contribution in [0.25, 0.3) is 16.8 Å². The van der Waals surface area contributed by atoms with E-state index in [1.165, 1.54) is 12.1 Å². The number of ether oxygens (including phenoxy) is 1. The molecule has 0 aliphatic carbocycles. The number of carbonyl (C=O) groups is 2. The number of nitrogens with zero attached hydrogens (tertiary/aromatic N) is 3. The van der Waals surface area contributed by atoms with E-state index in [1.807, 2.05) is 53.6 Å². The third-order valence-electron chi connectivity index (χ3n) is 5.64. The monoisotopic (exact) mass is 526 g/mol. The average Bonchev–Trinajstić information content (AvgIpc) is 3.41. The van der Waals surface area contributed by atoms with Crippen LogP contribution in [0.2, 0.25) is 0 Å². The summed E-state index contributed by atoms with van der Waals surface area (Å²) in [4.78, 5) is 27.0. The van der Waals surface area contributed by atoms with Crippen molar-refractivity contribution < 1.29 is 28.2 Å². The maximum Gasteiger partial charge on any atom is 0.272 e. The summed E-state index contributed by atoms with van der Waals surface area (Å²) >= 11 is 0. The number of amides is 1. The molecule has 38 heavy (non-hydrogen) atoms. The van der Waals surface area contributed by atoms with E-state index in [4.69, 9.17) is 14.6 Å². The third-order valence-corrected chi connectivity index (χ3v) is 5.64. The van der Waals surface area contributed by atoms with E-state index in [9.17, 15) is 13.6 Å². The van der Waals surface area contributed by atoms with Crippen LogP contribution >= 0.6 is 0 Å². The fourth-order valence-corrected chi connectivity index (χ4v) is 3.66. The van der Waals surface area contributed by atoms with Gasteiger partial charge in [-0.05, 0) is 53.9 Å². The van der Waals surface area contributed by atoms with Crippen molar-refractivity contribution in [2.45, 2.75) is 6.92 Å². The Morgan fingerprint density at radius 1 is 1.03 bits per heavy atom. The van der Waals surface area contributed by atoms with Crippen LogP contribution in [-0.4, -0.2) is 72.5 Å². The van der Waals surface area contributed by atoms with E-state index in [1.54, 1.807) is 13.1 Å². The Morgan fingerprint density at radius 2 is 1.74 bits per heavy atom. The molecule has 1 aliphatic heterocycles. The van der Waals surface area contributed by atoms with Gasteiger partial charge in [-0.2, -0.15) is 0 Å². The SMILES string of the molecule is C=O.CNc1cccc(-c2ccc3ncc(C(=O)N4CCOCC4)n3c2)c1.CO.Cc1ccc(F)cc1F. The minimum atomic E-state index is -0.530. The summed E-state index contributed by atoms with van der Waals surface area (Å²) in [7, 11) is 2.90. The number of morpholine rings is 1. The van der Waals surface area contributed by atoms with Crippen LogP contribution in [0.3, 0.4) is 0 Å². The van der Waals surface area contributed by atoms with Gasteiger partial charge in [0.2, 0.25) is 0 Å². The first-order valence-corrected chi connectivity index (χ1v) is 11.7. The quantitative estimate of drug-likeness (QED) is 0.415. The van der Waals surface area contributed by atoms with E-state index < -0.39 is 11.6 Å². The van der Waals surface area contributed by atoms with Crippen LogP contribution in [0, 0.1) is 18.6 Å². The summed E-state index contributed by atoms with van der Waals surface area (Å²) in [5.74, 6) is -1.02. The van der Waals surface area contributed by atoms with Gasteiger partial charge in [-0.1, -0.05) is 18.2 Å². The number of pyridine rings is 1. The Bertz CT molecular complexity index is 1320. The first kappa shape index (κ1) is 30.1. The number of halogens is 2. The predicted octanol–water partition coefficient (Wildman–Crippen LogP) is 4.21. The van der Waals surface area contributed by atoms with Crippen LogP contribution in [0.4, 0.5) is 14.5 Å². The topological polar surface area (TPSA) is 96.2 Å². The second kappa shape index (κ2) is 15.2. The van der Waals surface area contributed by atoms with E-state index in [-0.39, 0.29) is 5.91 Å². The minimum Gasteiger partial charge on any atom is -0.400 e. The number of aryl methyl sites for hydroxylation is 1. The van der Waals surface area contributed by atoms with E-state index in [0.29, 0.717) is 37.6 Å². The summed E-state index contributed by atoms with van der Waals surface area (Å²) in [5, 5.41) is 10.2. The molecule has 1 saturated heterocycles. The molecule has 0 spiro atoms. The van der Waals surface area contributed by atoms with Gasteiger partial charge in [0, 0.05) is 45.2 Å². The van der Waals surface area contributed by atoms with E-state index >= 15 is 0 Å². The minimum absolute atomic E-state index is 0.00285. The number of hydrogen-bond acceptors (Lipinski definition) is 6. The van der Waals surface area contributed by atoms with Gasteiger partial charge in [-0.3, -0.25) is 9.20 Å². The Balaban J connectivity index is 0.000000328. The molecule has 0 bridgehead atoms. The average molecular weight is 527 g/mol. The lowest BCUT2D eigenvalue weighted by Gasteiger charge is -2.26. The molecular formula is C28H32F2N4O4. The number of imidazole rings is 1. The number of carbonyl (C=O) groups excluding carboxylic acids is 2. The Kier molecular flexibility index (Phi) is 12.0. The smallest absolute Gasteiger partial charge is 0.272 e. The number of fused-ring (bicyclic) bond motifs is 1. The molecule has 202 valence electrons. The molecule has 2 N–H and O–H groups in total. The molecule has 1 aliphatic rings. The van der Waals surface area contributed by atoms with Crippen LogP contribution in [-0.2, 0) is 9.53 Å². The van der Waals surface area contributed by atoms with Gasteiger partial charge >= 0.3 is 0 Å². The zero-order valence-corrected chi connectivity index (χ0v) is 21.7. The number of benzene rings is 2. The van der Waals surface area contributed by atoms with Gasteiger partial charge in [0.1, 0.15) is 29.8 Å². The van der Waals surface area contributed by atoms with Crippen LogP contribution in [0.15, 0.2) is 67.0 Å². The molecule has 8 nitrogen and oxygen atoms in total. The highest BCUT2D eigenvalue weighted by atomic mass is 19.1. The summed E-state index contributed by atoms with van der Waals surface area (Å²) in [6, 6.07) is 15.7. The lowest BCUT2D eigenvalue weighted by atomic mass is 10.1. The highest BCUT2D eigenvalue weighted by Crippen LogP contribution is 2.24. The van der Waals surface area contributed by atoms with Crippen LogP contribution in [0.5, 0.6) is 0 Å². The summed E-state index contributed by atoms with van der Waals surface area (Å²) in [6.45, 7) is 6.01. The van der Waals surface area contributed by atoms with Crippen molar-refractivity contribution in [3.05, 3.63) is 89.9 Å². The van der Waals surface area contributed by atoms with Crippen LogP contribution < -0.4 is 5.32 Å². The number of aromatic nitrogens is 2. The van der Waals surface area contributed by atoms with Crippen molar-refractivity contribution in [3.8, 4) is 11.1 Å². The highest BCUT2D eigenvalue weighted by molar-refractivity contribution is 5.93. The van der Waals surface area contributed by atoms with Gasteiger partial charge in [0.15, 0.2) is 0 Å². The first-order chi connectivity index (χ1) is 18.5. The predicted molar refractivity (Wildman–Crippen MR) is 143 cm³/mol. The Labute approximate surface area is 220 Å². The number of rotatable bonds is 3. The lowest BCUT2D eigenvalue weighted by molar-refractivity contribution is -0.0980. The van der Waals surface area contributed by atoms with Gasteiger partial charge in [-0.15, -0.1) is 0 Å². The van der Waals surface area contributed by atoms with Gasteiger partial charge in [-0.25, -0.2) is 13.8 Å². The molecular weight excluding hydrogens is 494 g/mol. The molecule has 0 atom stereocenters. The van der Waals surface area contributed by atoms with Gasteiger partial charge < -0.3 is 24.9 Å². The van der Waals surface area contributed by atoms with Crippen LogP contribution in [0.1, 0.15) is 16.1 Å². The second-order valence-electron chi connectivity index (χ2n) is 7.92. The molecule has 5 rings (SSSR count). The van der Waals surface area contributed by atoms with E-state index in [0.717, 1.165) is 35.6 Å². The van der Waals surface area contributed by atoms with Crippen molar-refractivity contribution in [2.75, 3.05) is 45.8 Å². The zero-order chi connectivity index (χ0) is 28.1. The molecule has 1 amide bonds. The van der Waals surface area contributed by atoms with Crippen molar-refractivity contribution >= 4 is 24.0 Å². The van der Waals surface area contributed by atoms with Crippen molar-refractivity contribution in [2.24, 2.45) is 0 Å². The fraction of sp³-hybridized carbons (Fsp3) is 0.250. The normalized spacial score (nSPS) is 12.2. The van der Waals surface area contributed by atoms with Gasteiger partial charge in [0.25, 0.3) is 5.91 Å². The maximum absolute atomic E-state index is 12.8. The number of aliphatic hydroxyl groups excluding tert-OH is 1. The number of hydrogen-bond donors (Lipinski definition) is 2. The molecule has 4 aromatic rings. The van der Waals surface area contributed by atoms with Gasteiger partial charge in [0.05, 0.1) is 19.4 Å². The van der Waals surface area contributed by atoms with Crippen molar-refractivity contribution in [1.82, 2.24) is 14.3 Å². The number of aliphatic hydroxyl groups is 1. The van der Waals surface area contributed by atoms with Crippen molar-refractivity contribution in [3.63, 3.8) is 0 Å².